The second kappa shape index (κ2) is 11.2. The minimum atomic E-state index is -0.354. The molecule has 0 spiro atoms. The highest BCUT2D eigenvalue weighted by Gasteiger charge is 2.11. The number of hydrogen-bond donors (Lipinski definition) is 3. The van der Waals surface area contributed by atoms with Gasteiger partial charge < -0.3 is 10.2 Å². The molecule has 0 aliphatic carbocycles. The van der Waals surface area contributed by atoms with Crippen molar-refractivity contribution in [2.45, 2.75) is 46.0 Å². The van der Waals surface area contributed by atoms with Crippen LogP contribution in [0.3, 0.4) is 0 Å². The number of unbranched alkanes of at least 4 members (excludes halogenated alkanes) is 3. The molecule has 6 nitrogen and oxygen atoms in total. The molecule has 0 radical (unpaired) electrons. The summed E-state index contributed by atoms with van der Waals surface area (Å²) in [6.45, 7) is 4.82. The molecule has 2 aromatic carbocycles. The van der Waals surface area contributed by atoms with E-state index in [2.05, 4.69) is 31.3 Å². The molecule has 2 amide bonds. The van der Waals surface area contributed by atoms with Gasteiger partial charge in [0.25, 0.3) is 5.91 Å². The quantitative estimate of drug-likeness (QED) is 0.285. The molecule has 0 fully saturated rings. The van der Waals surface area contributed by atoms with Crippen molar-refractivity contribution in [2.24, 2.45) is 0 Å². The van der Waals surface area contributed by atoms with Crippen molar-refractivity contribution in [3.63, 3.8) is 0 Å². The number of carbonyl (C=O) groups excluding carboxylic acids is 2. The number of nitrogens with zero attached hydrogens (tertiary/aromatic N) is 1. The first kappa shape index (κ1) is 22.4. The molecule has 29 heavy (non-hydrogen) atoms. The van der Waals surface area contributed by atoms with Crippen LogP contribution in [0.1, 0.15) is 57.9 Å². The summed E-state index contributed by atoms with van der Waals surface area (Å²) in [5, 5.41) is 11.9. The Morgan fingerprint density at radius 3 is 2.21 bits per heavy atom. The van der Waals surface area contributed by atoms with Gasteiger partial charge in [-0.25, -0.2) is 5.48 Å². The van der Waals surface area contributed by atoms with E-state index >= 15 is 0 Å². The maximum atomic E-state index is 12.6. The van der Waals surface area contributed by atoms with E-state index in [-0.39, 0.29) is 16.1 Å². The van der Waals surface area contributed by atoms with Crippen LogP contribution in [0.4, 0.5) is 11.4 Å². The fourth-order valence-corrected chi connectivity index (χ4v) is 3.22. The summed E-state index contributed by atoms with van der Waals surface area (Å²) in [6, 6.07) is 13.7. The number of para-hydroxylation sites is 1. The highest BCUT2D eigenvalue weighted by molar-refractivity contribution is 5.94. The zero-order chi connectivity index (χ0) is 21.2. The summed E-state index contributed by atoms with van der Waals surface area (Å²) >= 11 is 0. The maximum absolute atomic E-state index is 12.6. The van der Waals surface area contributed by atoms with Crippen LogP contribution in [0.5, 0.6) is 0 Å². The van der Waals surface area contributed by atoms with Crippen molar-refractivity contribution in [3.05, 3.63) is 59.2 Å². The predicted molar refractivity (Wildman–Crippen MR) is 122 cm³/mol. The predicted octanol–water partition coefficient (Wildman–Crippen LogP) is 5.31. The third-order valence-corrected chi connectivity index (χ3v) is 5.00. The maximum Gasteiger partial charge on any atom is 0.253 e. The van der Waals surface area contributed by atoms with Gasteiger partial charge >= 0.3 is 0 Å². The van der Waals surface area contributed by atoms with Crippen molar-refractivity contribution in [2.75, 3.05) is 18.9 Å². The lowest BCUT2D eigenvalue weighted by molar-refractivity contribution is -0.129. The molecule has 0 saturated carbocycles. The average Bonchev–Trinajstić information content (AvgIpc) is 2.72. The molecule has 0 aliphatic rings. The fourth-order valence-electron chi connectivity index (χ4n) is 3.22. The molecule has 2 rings (SSSR count). The largest absolute Gasteiger partial charge is 0.355 e. The molecule has 6 heteroatoms. The number of hydroxylamine groups is 1. The zero-order valence-corrected chi connectivity index (χ0v) is 17.5. The van der Waals surface area contributed by atoms with Crippen LogP contribution in [0, 0.1) is 13.8 Å². The Balaban J connectivity index is 0. The molecule has 162 valence electrons. The summed E-state index contributed by atoms with van der Waals surface area (Å²) < 4.78 is 0. The third-order valence-electron chi connectivity index (χ3n) is 5.00. The van der Waals surface area contributed by atoms with Gasteiger partial charge in [0.15, 0.2) is 0 Å². The molecular weight excluding hydrogens is 366 g/mol. The molecule has 0 bridgehead atoms. The van der Waals surface area contributed by atoms with Gasteiger partial charge in [0.2, 0.25) is 5.91 Å². The number of anilines is 2. The smallest absolute Gasteiger partial charge is 0.253 e. The van der Waals surface area contributed by atoms with E-state index in [1.165, 1.54) is 11.1 Å². The molecular formula is C23H37N3O3. The number of benzene rings is 2. The second-order valence-electron chi connectivity index (χ2n) is 7.40. The monoisotopic (exact) mass is 403 g/mol. The molecule has 2 aromatic rings. The van der Waals surface area contributed by atoms with Crippen LogP contribution in [-0.2, 0) is 4.79 Å². The average molecular weight is 404 g/mol. The van der Waals surface area contributed by atoms with Gasteiger partial charge in [-0.1, -0.05) is 31.0 Å². The first-order valence-corrected chi connectivity index (χ1v) is 10.0. The minimum absolute atomic E-state index is 0. The highest BCUT2D eigenvalue weighted by Crippen LogP contribution is 2.24. The Bertz CT molecular complexity index is 813. The molecule has 3 N–H and O–H groups in total. The first-order valence-electron chi connectivity index (χ1n) is 10.0. The van der Waals surface area contributed by atoms with Gasteiger partial charge in [-0.05, 0) is 62.1 Å². The lowest BCUT2D eigenvalue weighted by Gasteiger charge is -2.18. The Kier molecular flexibility index (Phi) is 8.68. The van der Waals surface area contributed by atoms with Crippen LogP contribution in [0.15, 0.2) is 42.5 Å². The number of aryl methyl sites for hydroxylation is 2. The van der Waals surface area contributed by atoms with Crippen LogP contribution >= 0.6 is 0 Å². The van der Waals surface area contributed by atoms with Crippen LogP contribution in [0.2, 0.25) is 0 Å². The van der Waals surface area contributed by atoms with E-state index < -0.39 is 0 Å². The summed E-state index contributed by atoms with van der Waals surface area (Å²) in [7, 11) is 1.81. The Labute approximate surface area is 177 Å². The fraction of sp³-hybridized carbons (Fsp3) is 0.391. The van der Waals surface area contributed by atoms with E-state index in [1.807, 2.05) is 37.4 Å². The van der Waals surface area contributed by atoms with Crippen LogP contribution < -0.4 is 10.8 Å². The standard InChI is InChI=1S/C23H31N3O3.3H2/c1-17-9-8-10-18(2)22(17)24-20-14-12-19(13-15-20)23(28)26(3)16-7-5-4-6-11-21(27)25-29;;;/h8-10,12-15,24,29H,4-7,11,16H2,1-3H3,(H,25,27);3*1H. The van der Waals surface area contributed by atoms with Gasteiger partial charge in [0.1, 0.15) is 0 Å². The number of hydrogen-bond acceptors (Lipinski definition) is 4. The van der Waals surface area contributed by atoms with E-state index in [4.69, 9.17) is 5.21 Å². The lowest BCUT2D eigenvalue weighted by Crippen LogP contribution is -2.27. The van der Waals surface area contributed by atoms with Gasteiger partial charge in [-0.2, -0.15) is 0 Å². The van der Waals surface area contributed by atoms with Crippen molar-refractivity contribution >= 4 is 23.2 Å². The highest BCUT2D eigenvalue weighted by atomic mass is 16.5. The Morgan fingerprint density at radius 2 is 1.59 bits per heavy atom. The molecule has 0 aliphatic heterocycles. The molecule has 0 aromatic heterocycles. The van der Waals surface area contributed by atoms with Crippen LogP contribution in [0.25, 0.3) is 0 Å². The van der Waals surface area contributed by atoms with Gasteiger partial charge in [0, 0.05) is 41.2 Å². The Morgan fingerprint density at radius 1 is 0.966 bits per heavy atom. The minimum Gasteiger partial charge on any atom is -0.355 e. The van der Waals surface area contributed by atoms with Crippen molar-refractivity contribution in [1.29, 1.82) is 0 Å². The number of carbonyl (C=O) groups is 2. The summed E-state index contributed by atoms with van der Waals surface area (Å²) in [5.74, 6) is -0.351. The second-order valence-corrected chi connectivity index (χ2v) is 7.40. The van der Waals surface area contributed by atoms with E-state index in [9.17, 15) is 9.59 Å². The normalized spacial score (nSPS) is 10.5. The molecule has 0 unspecified atom stereocenters. The van der Waals surface area contributed by atoms with E-state index in [1.54, 1.807) is 10.4 Å². The number of nitrogens with one attached hydrogen (secondary N) is 2. The number of amides is 2. The van der Waals surface area contributed by atoms with Crippen molar-refractivity contribution in [1.82, 2.24) is 10.4 Å². The molecule has 0 atom stereocenters. The van der Waals surface area contributed by atoms with Gasteiger partial charge in [-0.15, -0.1) is 0 Å². The zero-order valence-electron chi connectivity index (χ0n) is 17.5. The summed E-state index contributed by atoms with van der Waals surface area (Å²) in [6.07, 6.45) is 3.78. The van der Waals surface area contributed by atoms with Crippen molar-refractivity contribution in [3.8, 4) is 0 Å². The third kappa shape index (κ3) is 6.91. The summed E-state index contributed by atoms with van der Waals surface area (Å²) in [5.41, 5.74) is 6.71. The first-order chi connectivity index (χ1) is 13.9. The van der Waals surface area contributed by atoms with Crippen LogP contribution in [-0.4, -0.2) is 35.5 Å². The van der Waals surface area contributed by atoms with Crippen molar-refractivity contribution < 1.29 is 19.1 Å². The SMILES string of the molecule is Cc1cccc(C)c1Nc1ccc(C(=O)N(C)CCCCCCC(=O)NO)cc1.[HH].[HH].[HH]. The van der Waals surface area contributed by atoms with E-state index in [0.29, 0.717) is 18.5 Å². The summed E-state index contributed by atoms with van der Waals surface area (Å²) in [4.78, 5) is 25.3. The lowest BCUT2D eigenvalue weighted by atomic mass is 10.1. The Hall–Kier alpha value is -2.86. The molecule has 0 heterocycles. The van der Waals surface area contributed by atoms with E-state index in [0.717, 1.165) is 37.1 Å². The molecule has 0 saturated heterocycles. The van der Waals surface area contributed by atoms with Gasteiger partial charge in [0.05, 0.1) is 0 Å². The number of rotatable bonds is 10. The topological polar surface area (TPSA) is 81.7 Å². The van der Waals surface area contributed by atoms with Gasteiger partial charge in [-0.3, -0.25) is 14.8 Å².